The molecule has 33 heavy (non-hydrogen) atoms. The quantitative estimate of drug-likeness (QED) is 0.548. The fraction of sp³-hybridized carbons (Fsp3) is 0.296. The lowest BCUT2D eigenvalue weighted by molar-refractivity contribution is -0.193. The van der Waals surface area contributed by atoms with Crippen LogP contribution >= 0.6 is 0 Å². The Balaban J connectivity index is 1.44. The van der Waals surface area contributed by atoms with E-state index in [-0.39, 0.29) is 19.3 Å². The van der Waals surface area contributed by atoms with E-state index in [1.165, 1.54) is 4.90 Å². The summed E-state index contributed by atoms with van der Waals surface area (Å²) in [6.45, 7) is 4.45. The summed E-state index contributed by atoms with van der Waals surface area (Å²) in [5.41, 5.74) is 2.53. The minimum absolute atomic E-state index is 0.0563. The van der Waals surface area contributed by atoms with Gasteiger partial charge in [-0.15, -0.1) is 0 Å². The van der Waals surface area contributed by atoms with Gasteiger partial charge in [0.2, 0.25) is 5.79 Å². The average molecular weight is 448 g/mol. The van der Waals surface area contributed by atoms with E-state index < -0.39 is 17.9 Å². The summed E-state index contributed by atoms with van der Waals surface area (Å²) >= 11 is 0. The lowest BCUT2D eigenvalue weighted by Crippen LogP contribution is -2.48. The van der Waals surface area contributed by atoms with E-state index in [1.54, 1.807) is 24.3 Å². The zero-order valence-electron chi connectivity index (χ0n) is 18.9. The standard InChI is InChI=1S/C27H29NO5/c1-20(2)25-27(30,33-19-28(25)26(29)32-18-22-11-7-4-8-12-22)23-13-15-24(16-14-23)31-17-21-9-5-3-6-10-21/h3-16,20,25,30H,17-19H2,1-2H3. The second-order valence-corrected chi connectivity index (χ2v) is 8.47. The molecule has 6 nitrogen and oxygen atoms in total. The van der Waals surface area contributed by atoms with Crippen molar-refractivity contribution in [3.8, 4) is 5.75 Å². The fourth-order valence-electron chi connectivity index (χ4n) is 4.11. The van der Waals surface area contributed by atoms with Crippen LogP contribution in [-0.2, 0) is 28.5 Å². The summed E-state index contributed by atoms with van der Waals surface area (Å²) in [5.74, 6) is -1.03. The van der Waals surface area contributed by atoms with Gasteiger partial charge in [0.05, 0.1) is 6.04 Å². The van der Waals surface area contributed by atoms with Gasteiger partial charge in [0.25, 0.3) is 0 Å². The zero-order chi connectivity index (χ0) is 23.3. The SMILES string of the molecule is CC(C)C1N(C(=O)OCc2ccccc2)COC1(O)c1ccc(OCc2ccccc2)cc1. The molecule has 6 heteroatoms. The molecule has 0 bridgehead atoms. The molecular weight excluding hydrogens is 418 g/mol. The van der Waals surface area contributed by atoms with Crippen LogP contribution in [0.15, 0.2) is 84.9 Å². The summed E-state index contributed by atoms with van der Waals surface area (Å²) in [6.07, 6.45) is -0.517. The number of benzene rings is 3. The molecule has 0 saturated carbocycles. The Morgan fingerprint density at radius 3 is 2.12 bits per heavy atom. The van der Waals surface area contributed by atoms with Crippen LogP contribution in [0.4, 0.5) is 4.79 Å². The molecule has 1 aliphatic rings. The predicted molar refractivity (Wildman–Crippen MR) is 124 cm³/mol. The summed E-state index contributed by atoms with van der Waals surface area (Å²) in [5, 5.41) is 11.5. The molecule has 0 spiro atoms. The molecule has 1 amide bonds. The van der Waals surface area contributed by atoms with Crippen molar-refractivity contribution < 1.29 is 24.1 Å². The minimum Gasteiger partial charge on any atom is -0.489 e. The summed E-state index contributed by atoms with van der Waals surface area (Å²) in [7, 11) is 0. The summed E-state index contributed by atoms with van der Waals surface area (Å²) in [6, 6.07) is 25.9. The minimum atomic E-state index is -1.64. The molecule has 4 rings (SSSR count). The molecule has 1 fully saturated rings. The van der Waals surface area contributed by atoms with Gasteiger partial charge in [-0.1, -0.05) is 74.5 Å². The molecule has 0 radical (unpaired) electrons. The van der Waals surface area contributed by atoms with Crippen LogP contribution in [0.5, 0.6) is 5.75 Å². The lowest BCUT2D eigenvalue weighted by atomic mass is 9.90. The van der Waals surface area contributed by atoms with E-state index >= 15 is 0 Å². The number of hydrogen-bond acceptors (Lipinski definition) is 5. The summed E-state index contributed by atoms with van der Waals surface area (Å²) < 4.78 is 17.1. The number of amides is 1. The molecule has 0 aliphatic carbocycles. The van der Waals surface area contributed by atoms with Gasteiger partial charge in [0, 0.05) is 5.56 Å². The third-order valence-electron chi connectivity index (χ3n) is 5.75. The normalized spacial score (nSPS) is 20.1. The van der Waals surface area contributed by atoms with Crippen LogP contribution in [-0.4, -0.2) is 28.9 Å². The molecule has 2 atom stereocenters. The maximum Gasteiger partial charge on any atom is 0.412 e. The molecule has 172 valence electrons. The van der Waals surface area contributed by atoms with E-state index in [0.29, 0.717) is 17.9 Å². The number of hydrogen-bond donors (Lipinski definition) is 1. The Labute approximate surface area is 194 Å². The van der Waals surface area contributed by atoms with Crippen LogP contribution in [0.2, 0.25) is 0 Å². The molecule has 3 aromatic rings. The molecule has 1 N–H and O–H groups in total. The Morgan fingerprint density at radius 1 is 0.970 bits per heavy atom. The number of ether oxygens (including phenoxy) is 3. The lowest BCUT2D eigenvalue weighted by Gasteiger charge is -2.34. The van der Waals surface area contributed by atoms with E-state index in [1.807, 2.05) is 74.5 Å². The topological polar surface area (TPSA) is 68.2 Å². The zero-order valence-corrected chi connectivity index (χ0v) is 18.9. The molecule has 1 saturated heterocycles. The average Bonchev–Trinajstić information content (AvgIpc) is 3.21. The Hall–Kier alpha value is -3.35. The predicted octanol–water partition coefficient (Wildman–Crippen LogP) is 5.06. The van der Waals surface area contributed by atoms with Crippen molar-refractivity contribution in [1.29, 1.82) is 0 Å². The third-order valence-corrected chi connectivity index (χ3v) is 5.75. The van der Waals surface area contributed by atoms with Gasteiger partial charge in [0.15, 0.2) is 0 Å². The second kappa shape index (κ2) is 10.1. The maximum atomic E-state index is 12.8. The number of nitrogens with zero attached hydrogens (tertiary/aromatic N) is 1. The van der Waals surface area contributed by atoms with Gasteiger partial charge in [-0.2, -0.15) is 0 Å². The number of rotatable bonds is 7. The van der Waals surface area contributed by atoms with Gasteiger partial charge in [0.1, 0.15) is 25.7 Å². The highest BCUT2D eigenvalue weighted by Crippen LogP contribution is 2.40. The smallest absolute Gasteiger partial charge is 0.412 e. The van der Waals surface area contributed by atoms with Crippen LogP contribution in [0.25, 0.3) is 0 Å². The van der Waals surface area contributed by atoms with Crippen molar-refractivity contribution in [2.75, 3.05) is 6.73 Å². The van der Waals surface area contributed by atoms with Crippen molar-refractivity contribution >= 4 is 6.09 Å². The Kier molecular flexibility index (Phi) is 6.96. The monoisotopic (exact) mass is 447 g/mol. The van der Waals surface area contributed by atoms with Crippen LogP contribution in [0.1, 0.15) is 30.5 Å². The van der Waals surface area contributed by atoms with E-state index in [9.17, 15) is 9.90 Å². The third kappa shape index (κ3) is 5.18. The highest BCUT2D eigenvalue weighted by atomic mass is 16.7. The summed E-state index contributed by atoms with van der Waals surface area (Å²) in [4.78, 5) is 14.3. The first-order chi connectivity index (χ1) is 16.0. The van der Waals surface area contributed by atoms with E-state index in [2.05, 4.69) is 0 Å². The first-order valence-electron chi connectivity index (χ1n) is 11.1. The number of aliphatic hydroxyl groups is 1. The van der Waals surface area contributed by atoms with Crippen LogP contribution in [0, 0.1) is 5.92 Å². The molecule has 0 aromatic heterocycles. The highest BCUT2D eigenvalue weighted by molar-refractivity contribution is 5.68. The van der Waals surface area contributed by atoms with Crippen LogP contribution in [0.3, 0.4) is 0 Å². The first-order valence-corrected chi connectivity index (χ1v) is 11.1. The largest absolute Gasteiger partial charge is 0.489 e. The van der Waals surface area contributed by atoms with Crippen LogP contribution < -0.4 is 4.74 Å². The Bertz CT molecular complexity index is 1040. The second-order valence-electron chi connectivity index (χ2n) is 8.47. The maximum absolute atomic E-state index is 12.8. The molecule has 1 aliphatic heterocycles. The van der Waals surface area contributed by atoms with Crippen molar-refractivity contribution in [3.05, 3.63) is 102 Å². The van der Waals surface area contributed by atoms with Gasteiger partial charge < -0.3 is 19.3 Å². The molecule has 2 unspecified atom stereocenters. The Morgan fingerprint density at radius 2 is 1.55 bits per heavy atom. The highest BCUT2D eigenvalue weighted by Gasteiger charge is 2.52. The number of carbonyl (C=O) groups is 1. The molecular formula is C27H29NO5. The van der Waals surface area contributed by atoms with Gasteiger partial charge in [-0.05, 0) is 41.3 Å². The molecule has 3 aromatic carbocycles. The number of carbonyl (C=O) groups excluding carboxylic acids is 1. The van der Waals surface area contributed by atoms with Gasteiger partial charge >= 0.3 is 6.09 Å². The van der Waals surface area contributed by atoms with Crippen molar-refractivity contribution in [1.82, 2.24) is 4.90 Å². The van der Waals surface area contributed by atoms with Gasteiger partial charge in [-0.25, -0.2) is 4.79 Å². The fourth-order valence-corrected chi connectivity index (χ4v) is 4.11. The van der Waals surface area contributed by atoms with E-state index in [4.69, 9.17) is 14.2 Å². The van der Waals surface area contributed by atoms with E-state index in [0.717, 1.165) is 11.1 Å². The van der Waals surface area contributed by atoms with Crippen molar-refractivity contribution in [3.63, 3.8) is 0 Å². The van der Waals surface area contributed by atoms with Crippen molar-refractivity contribution in [2.45, 2.75) is 38.9 Å². The molecule has 1 heterocycles. The first kappa shape index (κ1) is 22.8. The van der Waals surface area contributed by atoms with Crippen molar-refractivity contribution in [2.24, 2.45) is 5.92 Å². The van der Waals surface area contributed by atoms with Gasteiger partial charge in [-0.3, -0.25) is 4.90 Å².